The van der Waals surface area contributed by atoms with Crippen molar-refractivity contribution in [3.63, 3.8) is 0 Å². The van der Waals surface area contributed by atoms with E-state index < -0.39 is 0 Å². The summed E-state index contributed by atoms with van der Waals surface area (Å²) in [7, 11) is 3.78. The van der Waals surface area contributed by atoms with Gasteiger partial charge >= 0.3 is 0 Å². The number of hydrogen-bond acceptors (Lipinski definition) is 3. The Morgan fingerprint density at radius 3 is 2.50 bits per heavy atom. The molecule has 0 saturated carbocycles. The lowest BCUT2D eigenvalue weighted by Crippen LogP contribution is -2.32. The third-order valence-corrected chi connectivity index (χ3v) is 3.41. The molecule has 4 heteroatoms. The average Bonchev–Trinajstić information content (AvgIpc) is 2.36. The minimum Gasteiger partial charge on any atom is -0.497 e. The molecule has 1 atom stereocenters. The van der Waals surface area contributed by atoms with Crippen molar-refractivity contribution in [2.45, 2.75) is 13.3 Å². The molecule has 0 radical (unpaired) electrons. The lowest BCUT2D eigenvalue weighted by atomic mass is 10.1. The number of ether oxygens (including phenoxy) is 1. The van der Waals surface area contributed by atoms with Gasteiger partial charge in [0.2, 0.25) is 0 Å². The Kier molecular flexibility index (Phi) is 6.09. The van der Waals surface area contributed by atoms with Crippen LogP contribution in [0.2, 0.25) is 0 Å². The van der Waals surface area contributed by atoms with Gasteiger partial charge in [-0.3, -0.25) is 0 Å². The zero-order valence-corrected chi connectivity index (χ0v) is 12.2. The standard InChI is InChI=1S/C14H22N2OS/c1-11(14(15)18)10-16(2)9-8-12-4-6-13(17-3)7-5-12/h4-7,11H,8-10H2,1-3H3,(H2,15,18). The molecular formula is C14H22N2OS. The molecule has 0 amide bonds. The van der Waals surface area contributed by atoms with Gasteiger partial charge in [0.25, 0.3) is 0 Å². The van der Waals surface area contributed by atoms with E-state index in [9.17, 15) is 0 Å². The molecule has 0 aromatic heterocycles. The largest absolute Gasteiger partial charge is 0.497 e. The number of hydrogen-bond donors (Lipinski definition) is 1. The second-order valence-corrected chi connectivity index (χ2v) is 5.14. The van der Waals surface area contributed by atoms with Crippen LogP contribution in [0.1, 0.15) is 12.5 Å². The maximum atomic E-state index is 5.61. The summed E-state index contributed by atoms with van der Waals surface area (Å²) in [4.78, 5) is 2.85. The highest BCUT2D eigenvalue weighted by Crippen LogP contribution is 2.12. The molecule has 18 heavy (non-hydrogen) atoms. The van der Waals surface area contributed by atoms with E-state index in [1.807, 2.05) is 12.1 Å². The van der Waals surface area contributed by atoms with E-state index in [-0.39, 0.29) is 5.92 Å². The van der Waals surface area contributed by atoms with Crippen LogP contribution in [0.3, 0.4) is 0 Å². The van der Waals surface area contributed by atoms with Crippen molar-refractivity contribution in [1.82, 2.24) is 4.90 Å². The maximum absolute atomic E-state index is 5.61. The van der Waals surface area contributed by atoms with E-state index in [0.29, 0.717) is 4.99 Å². The van der Waals surface area contributed by atoms with Crippen molar-refractivity contribution < 1.29 is 4.74 Å². The Balaban J connectivity index is 2.37. The van der Waals surface area contributed by atoms with E-state index in [0.717, 1.165) is 25.3 Å². The summed E-state index contributed by atoms with van der Waals surface area (Å²) in [6, 6.07) is 8.19. The number of methoxy groups -OCH3 is 1. The smallest absolute Gasteiger partial charge is 0.118 e. The Hall–Kier alpha value is -1.13. The van der Waals surface area contributed by atoms with Gasteiger partial charge in [-0.2, -0.15) is 0 Å². The van der Waals surface area contributed by atoms with Crippen LogP contribution in [0.25, 0.3) is 0 Å². The van der Waals surface area contributed by atoms with Crippen LogP contribution < -0.4 is 10.5 Å². The van der Waals surface area contributed by atoms with Gasteiger partial charge in [0.15, 0.2) is 0 Å². The summed E-state index contributed by atoms with van der Waals surface area (Å²) in [5.74, 6) is 1.16. The molecule has 100 valence electrons. The molecule has 3 nitrogen and oxygen atoms in total. The number of thiocarbonyl (C=S) groups is 1. The second-order valence-electron chi connectivity index (χ2n) is 4.66. The molecule has 0 fully saturated rings. The van der Waals surface area contributed by atoms with Gasteiger partial charge in [0.1, 0.15) is 5.75 Å². The Labute approximate surface area is 115 Å². The topological polar surface area (TPSA) is 38.5 Å². The van der Waals surface area contributed by atoms with Gasteiger partial charge in [0, 0.05) is 19.0 Å². The summed E-state index contributed by atoms with van der Waals surface area (Å²) < 4.78 is 5.14. The lowest BCUT2D eigenvalue weighted by molar-refractivity contribution is 0.319. The fraction of sp³-hybridized carbons (Fsp3) is 0.500. The van der Waals surface area contributed by atoms with Crippen LogP contribution in [-0.4, -0.2) is 37.1 Å². The van der Waals surface area contributed by atoms with Crippen molar-refractivity contribution in [2.75, 3.05) is 27.2 Å². The maximum Gasteiger partial charge on any atom is 0.118 e. The molecule has 1 aromatic rings. The Bertz CT molecular complexity index is 378. The SMILES string of the molecule is COc1ccc(CCN(C)CC(C)C(N)=S)cc1. The molecule has 0 spiro atoms. The molecule has 0 aliphatic rings. The first-order valence-corrected chi connectivity index (χ1v) is 6.54. The molecule has 1 rings (SSSR count). The van der Waals surface area contributed by atoms with Gasteiger partial charge in [-0.15, -0.1) is 0 Å². The fourth-order valence-electron chi connectivity index (χ4n) is 1.76. The van der Waals surface area contributed by atoms with Gasteiger partial charge in [-0.1, -0.05) is 31.3 Å². The van der Waals surface area contributed by atoms with Crippen LogP contribution in [0.15, 0.2) is 24.3 Å². The van der Waals surface area contributed by atoms with Crippen molar-refractivity contribution in [3.05, 3.63) is 29.8 Å². The summed E-state index contributed by atoms with van der Waals surface area (Å²) in [5.41, 5.74) is 6.93. The first-order valence-electron chi connectivity index (χ1n) is 6.13. The van der Waals surface area contributed by atoms with Gasteiger partial charge in [-0.05, 0) is 31.2 Å². The highest BCUT2D eigenvalue weighted by molar-refractivity contribution is 7.80. The number of nitrogens with two attached hydrogens (primary N) is 1. The van der Waals surface area contributed by atoms with Crippen molar-refractivity contribution in [1.29, 1.82) is 0 Å². The Morgan fingerprint density at radius 1 is 1.39 bits per heavy atom. The van der Waals surface area contributed by atoms with Gasteiger partial charge in [-0.25, -0.2) is 0 Å². The third kappa shape index (κ3) is 5.02. The minimum absolute atomic E-state index is 0.265. The van der Waals surface area contributed by atoms with Gasteiger partial charge in [0.05, 0.1) is 12.1 Å². The van der Waals surface area contributed by atoms with E-state index in [1.54, 1.807) is 7.11 Å². The summed E-state index contributed by atoms with van der Waals surface area (Å²) in [5, 5.41) is 0. The van der Waals surface area contributed by atoms with Crippen molar-refractivity contribution in [2.24, 2.45) is 11.7 Å². The molecule has 0 saturated heterocycles. The van der Waals surface area contributed by atoms with Crippen LogP contribution in [0.4, 0.5) is 0 Å². The zero-order valence-electron chi connectivity index (χ0n) is 11.3. The number of nitrogens with zero attached hydrogens (tertiary/aromatic N) is 1. The van der Waals surface area contributed by atoms with Crippen molar-refractivity contribution in [3.8, 4) is 5.75 Å². The monoisotopic (exact) mass is 266 g/mol. The van der Waals surface area contributed by atoms with Gasteiger partial charge < -0.3 is 15.4 Å². The first-order chi connectivity index (χ1) is 8.52. The lowest BCUT2D eigenvalue weighted by Gasteiger charge is -2.20. The number of rotatable bonds is 7. The molecular weight excluding hydrogens is 244 g/mol. The molecule has 0 aliphatic heterocycles. The first kappa shape index (κ1) is 14.9. The molecule has 0 bridgehead atoms. The fourth-order valence-corrected chi connectivity index (χ4v) is 1.84. The highest BCUT2D eigenvalue weighted by atomic mass is 32.1. The third-order valence-electron chi connectivity index (χ3n) is 3.01. The summed E-state index contributed by atoms with van der Waals surface area (Å²) in [6.45, 7) is 3.97. The summed E-state index contributed by atoms with van der Waals surface area (Å²) >= 11 is 4.98. The van der Waals surface area contributed by atoms with Crippen LogP contribution in [0, 0.1) is 5.92 Å². The molecule has 1 aromatic carbocycles. The number of likely N-dealkylation sites (N-methyl/N-ethyl adjacent to an activating group) is 1. The Morgan fingerprint density at radius 2 is 2.00 bits per heavy atom. The average molecular weight is 266 g/mol. The molecule has 0 aliphatic carbocycles. The summed E-state index contributed by atoms with van der Waals surface area (Å²) in [6.07, 6.45) is 1.02. The highest BCUT2D eigenvalue weighted by Gasteiger charge is 2.08. The normalized spacial score (nSPS) is 12.4. The molecule has 1 unspecified atom stereocenters. The van der Waals surface area contributed by atoms with E-state index in [1.165, 1.54) is 5.56 Å². The van der Waals surface area contributed by atoms with E-state index >= 15 is 0 Å². The zero-order chi connectivity index (χ0) is 13.5. The quantitative estimate of drug-likeness (QED) is 0.767. The molecule has 0 heterocycles. The molecule has 2 N–H and O–H groups in total. The van der Waals surface area contributed by atoms with E-state index in [2.05, 4.69) is 31.0 Å². The number of benzene rings is 1. The van der Waals surface area contributed by atoms with E-state index in [4.69, 9.17) is 22.7 Å². The van der Waals surface area contributed by atoms with Crippen LogP contribution >= 0.6 is 12.2 Å². The second kappa shape index (κ2) is 7.34. The van der Waals surface area contributed by atoms with Crippen molar-refractivity contribution >= 4 is 17.2 Å². The van der Waals surface area contributed by atoms with Crippen LogP contribution in [0.5, 0.6) is 5.75 Å². The minimum atomic E-state index is 0.265. The van der Waals surface area contributed by atoms with Crippen LogP contribution in [-0.2, 0) is 6.42 Å². The predicted molar refractivity (Wildman–Crippen MR) is 80.1 cm³/mol. The predicted octanol–water partition coefficient (Wildman–Crippen LogP) is 2.09.